The van der Waals surface area contributed by atoms with Crippen molar-refractivity contribution in [1.82, 2.24) is 15.5 Å². The molecule has 19 heavy (non-hydrogen) atoms. The molecule has 2 aromatic rings. The van der Waals surface area contributed by atoms with Crippen molar-refractivity contribution in [1.29, 1.82) is 0 Å². The minimum Gasteiger partial charge on any atom is -0.340 e. The molecule has 7 nitrogen and oxygen atoms in total. The van der Waals surface area contributed by atoms with Crippen molar-refractivity contribution < 1.29 is 9.45 Å². The Morgan fingerprint density at radius 2 is 2.16 bits per heavy atom. The maximum atomic E-state index is 10.6. The van der Waals surface area contributed by atoms with E-state index in [1.807, 2.05) is 6.92 Å². The number of rotatable bonds is 6. The van der Waals surface area contributed by atoms with Gasteiger partial charge < -0.3 is 9.84 Å². The largest absolute Gasteiger partial charge is 0.340 e. The van der Waals surface area contributed by atoms with Gasteiger partial charge in [0, 0.05) is 31.1 Å². The van der Waals surface area contributed by atoms with Crippen molar-refractivity contribution in [2.75, 3.05) is 6.54 Å². The van der Waals surface area contributed by atoms with E-state index in [0.29, 0.717) is 18.9 Å². The van der Waals surface area contributed by atoms with Crippen molar-refractivity contribution in [2.45, 2.75) is 19.4 Å². The van der Waals surface area contributed by atoms with Gasteiger partial charge in [-0.25, -0.2) is 0 Å². The van der Waals surface area contributed by atoms with Crippen molar-refractivity contribution in [3.63, 3.8) is 0 Å². The lowest BCUT2D eigenvalue weighted by Crippen LogP contribution is -2.21. The Balaban J connectivity index is 1.85. The molecular formula is C12H14N4O3. The highest BCUT2D eigenvalue weighted by Crippen LogP contribution is 2.17. The molecule has 0 saturated heterocycles. The van der Waals surface area contributed by atoms with Gasteiger partial charge in [-0.15, -0.1) is 0 Å². The molecular weight excluding hydrogens is 248 g/mol. The highest BCUT2D eigenvalue weighted by atomic mass is 16.6. The average Bonchev–Trinajstić information content (AvgIpc) is 2.92. The molecule has 1 unspecified atom stereocenters. The summed E-state index contributed by atoms with van der Waals surface area (Å²) < 4.78 is 4.89. The summed E-state index contributed by atoms with van der Waals surface area (Å²) in [4.78, 5) is 14.1. The summed E-state index contributed by atoms with van der Waals surface area (Å²) in [5, 5.41) is 17.4. The smallest absolute Gasteiger partial charge is 0.269 e. The minimum atomic E-state index is -0.405. The number of hydrogen-bond donors (Lipinski definition) is 1. The molecule has 1 N–H and O–H groups in total. The first-order chi connectivity index (χ1) is 9.16. The van der Waals surface area contributed by atoms with Gasteiger partial charge in [-0.2, -0.15) is 4.98 Å². The Hall–Kier alpha value is -2.28. The zero-order valence-corrected chi connectivity index (χ0v) is 10.4. The fraction of sp³-hybridized carbons (Fsp3) is 0.333. The number of nitro groups is 1. The number of hydrogen-bond acceptors (Lipinski definition) is 6. The van der Waals surface area contributed by atoms with Crippen LogP contribution >= 0.6 is 0 Å². The van der Waals surface area contributed by atoms with E-state index in [2.05, 4.69) is 15.5 Å². The quantitative estimate of drug-likeness (QED) is 0.630. The molecule has 7 heteroatoms. The van der Waals surface area contributed by atoms with E-state index in [4.69, 9.17) is 4.52 Å². The first kappa shape index (κ1) is 13.2. The molecule has 0 saturated carbocycles. The molecule has 0 bridgehead atoms. The lowest BCUT2D eigenvalue weighted by Gasteiger charge is -2.13. The second kappa shape index (κ2) is 6.05. The van der Waals surface area contributed by atoms with E-state index in [1.54, 1.807) is 12.1 Å². The molecule has 2 rings (SSSR count). The van der Waals surface area contributed by atoms with Gasteiger partial charge >= 0.3 is 0 Å². The Labute approximate surface area is 109 Å². The molecule has 0 radical (unpaired) electrons. The molecule has 0 fully saturated rings. The SMILES string of the molecule is CC(NCCc1ncno1)c1ccc([N+](=O)[O-])cc1. The summed E-state index contributed by atoms with van der Waals surface area (Å²) in [7, 11) is 0. The van der Waals surface area contributed by atoms with Gasteiger partial charge in [0.1, 0.15) is 0 Å². The molecule has 0 aliphatic rings. The predicted octanol–water partition coefficient (Wildman–Crippen LogP) is 1.87. The molecule has 1 aromatic heterocycles. The van der Waals surface area contributed by atoms with Crippen molar-refractivity contribution in [3.8, 4) is 0 Å². The fourth-order valence-electron chi connectivity index (χ4n) is 1.70. The molecule has 1 heterocycles. The van der Waals surface area contributed by atoms with Crippen LogP contribution in [0.1, 0.15) is 24.4 Å². The van der Waals surface area contributed by atoms with Crippen molar-refractivity contribution in [3.05, 3.63) is 52.2 Å². The average molecular weight is 262 g/mol. The summed E-state index contributed by atoms with van der Waals surface area (Å²) in [6.45, 7) is 2.69. The highest BCUT2D eigenvalue weighted by Gasteiger charge is 2.09. The molecule has 1 aromatic carbocycles. The number of aromatic nitrogens is 2. The molecule has 0 aliphatic heterocycles. The summed E-state index contributed by atoms with van der Waals surface area (Å²) in [6, 6.07) is 6.62. The third kappa shape index (κ3) is 3.59. The monoisotopic (exact) mass is 262 g/mol. The van der Waals surface area contributed by atoms with E-state index >= 15 is 0 Å². The van der Waals surface area contributed by atoms with E-state index < -0.39 is 4.92 Å². The van der Waals surface area contributed by atoms with Crippen molar-refractivity contribution in [2.24, 2.45) is 0 Å². The molecule has 100 valence electrons. The van der Waals surface area contributed by atoms with Crippen LogP contribution in [0.3, 0.4) is 0 Å². The first-order valence-corrected chi connectivity index (χ1v) is 5.90. The van der Waals surface area contributed by atoms with E-state index in [0.717, 1.165) is 5.56 Å². The van der Waals surface area contributed by atoms with Crippen LogP contribution < -0.4 is 5.32 Å². The van der Waals surface area contributed by atoms with E-state index in [-0.39, 0.29) is 11.7 Å². The van der Waals surface area contributed by atoms with Crippen LogP contribution in [0, 0.1) is 10.1 Å². The standard InChI is InChI=1S/C12H14N4O3/c1-9(13-7-6-12-14-8-15-19-12)10-2-4-11(5-3-10)16(17)18/h2-5,8-9,13H,6-7H2,1H3. The van der Waals surface area contributed by atoms with Gasteiger partial charge in [-0.1, -0.05) is 17.3 Å². The first-order valence-electron chi connectivity index (χ1n) is 5.90. The molecule has 1 atom stereocenters. The van der Waals surface area contributed by atoms with Crippen LogP contribution in [0.5, 0.6) is 0 Å². The number of non-ortho nitro benzene ring substituents is 1. The Kier molecular flexibility index (Phi) is 4.19. The van der Waals surface area contributed by atoms with Crippen LogP contribution in [0.4, 0.5) is 5.69 Å². The zero-order valence-electron chi connectivity index (χ0n) is 10.4. The van der Waals surface area contributed by atoms with Crippen LogP contribution in [0.25, 0.3) is 0 Å². The van der Waals surface area contributed by atoms with E-state index in [1.165, 1.54) is 18.5 Å². The van der Waals surface area contributed by atoms with Gasteiger partial charge in [0.05, 0.1) is 4.92 Å². The summed E-state index contributed by atoms with van der Waals surface area (Å²) in [6.07, 6.45) is 2.02. The number of benzene rings is 1. The van der Waals surface area contributed by atoms with Gasteiger partial charge in [-0.05, 0) is 12.5 Å². The summed E-state index contributed by atoms with van der Waals surface area (Å²) >= 11 is 0. The topological polar surface area (TPSA) is 94.1 Å². The van der Waals surface area contributed by atoms with Crippen molar-refractivity contribution >= 4 is 5.69 Å². The van der Waals surface area contributed by atoms with Crippen LogP contribution in [-0.2, 0) is 6.42 Å². The maximum absolute atomic E-state index is 10.6. The predicted molar refractivity (Wildman–Crippen MR) is 67.5 cm³/mol. The number of nitrogens with one attached hydrogen (secondary N) is 1. The molecule has 0 aliphatic carbocycles. The highest BCUT2D eigenvalue weighted by molar-refractivity contribution is 5.33. The van der Waals surface area contributed by atoms with Gasteiger partial charge in [0.25, 0.3) is 5.69 Å². The Morgan fingerprint density at radius 1 is 1.42 bits per heavy atom. The summed E-state index contributed by atoms with van der Waals surface area (Å²) in [5.74, 6) is 0.586. The van der Waals surface area contributed by atoms with Gasteiger partial charge in [-0.3, -0.25) is 10.1 Å². The second-order valence-corrected chi connectivity index (χ2v) is 4.11. The van der Waals surface area contributed by atoms with Crippen LogP contribution in [0.2, 0.25) is 0 Å². The molecule has 0 amide bonds. The van der Waals surface area contributed by atoms with Gasteiger partial charge in [0.15, 0.2) is 6.33 Å². The third-order valence-corrected chi connectivity index (χ3v) is 2.80. The normalized spacial score (nSPS) is 12.3. The minimum absolute atomic E-state index is 0.0989. The fourth-order valence-corrected chi connectivity index (χ4v) is 1.70. The number of nitrogens with zero attached hydrogens (tertiary/aromatic N) is 3. The lowest BCUT2D eigenvalue weighted by molar-refractivity contribution is -0.384. The molecule has 0 spiro atoms. The van der Waals surface area contributed by atoms with Crippen LogP contribution in [0.15, 0.2) is 35.1 Å². The Bertz CT molecular complexity index is 524. The van der Waals surface area contributed by atoms with E-state index in [9.17, 15) is 10.1 Å². The Morgan fingerprint density at radius 3 is 2.74 bits per heavy atom. The van der Waals surface area contributed by atoms with Crippen LogP contribution in [-0.4, -0.2) is 21.6 Å². The van der Waals surface area contributed by atoms with Gasteiger partial charge in [0.2, 0.25) is 5.89 Å². The lowest BCUT2D eigenvalue weighted by atomic mass is 10.1. The summed E-state index contributed by atoms with van der Waals surface area (Å²) in [5.41, 5.74) is 1.10. The maximum Gasteiger partial charge on any atom is 0.269 e. The second-order valence-electron chi connectivity index (χ2n) is 4.11. The number of nitro benzene ring substituents is 1. The zero-order chi connectivity index (χ0) is 13.7. The third-order valence-electron chi connectivity index (χ3n) is 2.80.